The van der Waals surface area contributed by atoms with E-state index in [9.17, 15) is 4.79 Å². The maximum Gasteiger partial charge on any atom is 0.241 e. The van der Waals surface area contributed by atoms with E-state index in [4.69, 9.17) is 34.8 Å². The molecule has 2 rings (SSSR count). The first-order valence-electron chi connectivity index (χ1n) is 7.00. The summed E-state index contributed by atoms with van der Waals surface area (Å²) >= 11 is 19.2. The van der Waals surface area contributed by atoms with Crippen LogP contribution >= 0.6 is 46.1 Å². The van der Waals surface area contributed by atoms with Crippen LogP contribution in [0.1, 0.15) is 36.9 Å². The summed E-state index contributed by atoms with van der Waals surface area (Å²) in [5.41, 5.74) is 1.77. The van der Waals surface area contributed by atoms with Gasteiger partial charge in [-0.2, -0.15) is 0 Å². The van der Waals surface area contributed by atoms with Crippen LogP contribution in [-0.2, 0) is 16.6 Å². The SMILES string of the molecule is CC(C)(C)c1nc(NC(=O)CCl)sc1Cc1ccc(Cl)cc1Cl. The number of amides is 1. The van der Waals surface area contributed by atoms with Crippen molar-refractivity contribution in [3.63, 3.8) is 0 Å². The highest BCUT2D eigenvalue weighted by molar-refractivity contribution is 7.16. The molecule has 3 nitrogen and oxygen atoms in total. The van der Waals surface area contributed by atoms with Gasteiger partial charge in [0.1, 0.15) is 5.88 Å². The molecule has 124 valence electrons. The lowest BCUT2D eigenvalue weighted by molar-refractivity contribution is -0.113. The van der Waals surface area contributed by atoms with E-state index < -0.39 is 0 Å². The molecule has 1 amide bonds. The van der Waals surface area contributed by atoms with Gasteiger partial charge in [-0.3, -0.25) is 4.79 Å². The number of halogens is 3. The lowest BCUT2D eigenvalue weighted by Crippen LogP contribution is -2.16. The number of nitrogens with zero attached hydrogens (tertiary/aromatic N) is 1. The summed E-state index contributed by atoms with van der Waals surface area (Å²) in [7, 11) is 0. The topological polar surface area (TPSA) is 42.0 Å². The van der Waals surface area contributed by atoms with E-state index in [1.807, 2.05) is 12.1 Å². The van der Waals surface area contributed by atoms with Gasteiger partial charge in [-0.15, -0.1) is 22.9 Å². The number of carbonyl (C=O) groups is 1. The fourth-order valence-corrected chi connectivity index (χ4v) is 3.86. The fraction of sp³-hybridized carbons (Fsp3) is 0.375. The molecule has 0 unspecified atom stereocenters. The zero-order chi connectivity index (χ0) is 17.2. The molecule has 0 saturated heterocycles. The van der Waals surface area contributed by atoms with Crippen molar-refractivity contribution in [3.8, 4) is 0 Å². The average Bonchev–Trinajstić information content (AvgIpc) is 2.84. The van der Waals surface area contributed by atoms with Crippen molar-refractivity contribution in [3.05, 3.63) is 44.4 Å². The van der Waals surface area contributed by atoms with Gasteiger partial charge < -0.3 is 5.32 Å². The smallest absolute Gasteiger partial charge is 0.241 e. The molecular formula is C16H17Cl3N2OS. The molecule has 1 N–H and O–H groups in total. The molecule has 0 saturated carbocycles. The Morgan fingerprint density at radius 2 is 2.00 bits per heavy atom. The normalized spacial score (nSPS) is 11.6. The zero-order valence-corrected chi connectivity index (χ0v) is 16.1. The quantitative estimate of drug-likeness (QED) is 0.698. The van der Waals surface area contributed by atoms with E-state index in [1.165, 1.54) is 11.3 Å². The highest BCUT2D eigenvalue weighted by Gasteiger charge is 2.24. The molecule has 0 spiro atoms. The van der Waals surface area contributed by atoms with Gasteiger partial charge in [-0.05, 0) is 17.7 Å². The first-order chi connectivity index (χ1) is 10.7. The van der Waals surface area contributed by atoms with Crippen LogP contribution in [0, 0.1) is 0 Å². The van der Waals surface area contributed by atoms with Gasteiger partial charge >= 0.3 is 0 Å². The first-order valence-corrected chi connectivity index (χ1v) is 9.11. The minimum absolute atomic E-state index is 0.0945. The van der Waals surface area contributed by atoms with E-state index in [0.29, 0.717) is 21.6 Å². The monoisotopic (exact) mass is 390 g/mol. The van der Waals surface area contributed by atoms with Crippen molar-refractivity contribution in [1.29, 1.82) is 0 Å². The second-order valence-corrected chi connectivity index (χ2v) is 8.33. The molecule has 1 aromatic heterocycles. The van der Waals surface area contributed by atoms with Gasteiger partial charge in [0.25, 0.3) is 0 Å². The van der Waals surface area contributed by atoms with Crippen molar-refractivity contribution in [1.82, 2.24) is 4.98 Å². The van der Waals surface area contributed by atoms with Crippen LogP contribution in [0.3, 0.4) is 0 Å². The molecule has 0 atom stereocenters. The Bertz CT molecular complexity index is 723. The van der Waals surface area contributed by atoms with Crippen LogP contribution in [0.4, 0.5) is 5.13 Å². The van der Waals surface area contributed by atoms with Gasteiger partial charge in [-0.25, -0.2) is 4.98 Å². The molecule has 0 fully saturated rings. The highest BCUT2D eigenvalue weighted by Crippen LogP contribution is 2.35. The Morgan fingerprint density at radius 3 is 2.57 bits per heavy atom. The van der Waals surface area contributed by atoms with Gasteiger partial charge in [0.15, 0.2) is 5.13 Å². The first kappa shape index (κ1) is 18.5. The van der Waals surface area contributed by atoms with Crippen molar-refractivity contribution >= 4 is 57.2 Å². The third-order valence-electron chi connectivity index (χ3n) is 3.14. The summed E-state index contributed by atoms with van der Waals surface area (Å²) in [6.45, 7) is 6.26. The van der Waals surface area contributed by atoms with Gasteiger partial charge in [0.2, 0.25) is 5.91 Å². The third-order valence-corrected chi connectivity index (χ3v) is 4.94. The number of alkyl halides is 1. The summed E-state index contributed by atoms with van der Waals surface area (Å²) in [6, 6.07) is 5.46. The van der Waals surface area contributed by atoms with E-state index in [1.54, 1.807) is 6.07 Å². The number of hydrogen-bond acceptors (Lipinski definition) is 3. The predicted octanol–water partition coefficient (Wildman–Crippen LogP) is 5.52. The second-order valence-electron chi connectivity index (χ2n) is 6.14. The summed E-state index contributed by atoms with van der Waals surface area (Å²) in [4.78, 5) is 17.1. The number of carbonyl (C=O) groups excluding carboxylic acids is 1. The van der Waals surface area contributed by atoms with Crippen LogP contribution in [0.2, 0.25) is 10.0 Å². The van der Waals surface area contributed by atoms with E-state index in [0.717, 1.165) is 16.1 Å². The molecule has 0 aliphatic carbocycles. The summed E-state index contributed by atoms with van der Waals surface area (Å²) < 4.78 is 0. The number of thiazole rings is 1. The number of rotatable bonds is 4. The number of aromatic nitrogens is 1. The number of nitrogens with one attached hydrogen (secondary N) is 1. The Kier molecular flexibility index (Phi) is 5.95. The molecule has 0 aliphatic rings. The molecule has 7 heteroatoms. The largest absolute Gasteiger partial charge is 0.301 e. The van der Waals surface area contributed by atoms with E-state index in [-0.39, 0.29) is 17.2 Å². The molecule has 23 heavy (non-hydrogen) atoms. The van der Waals surface area contributed by atoms with Crippen molar-refractivity contribution in [2.75, 3.05) is 11.2 Å². The third kappa shape index (κ3) is 4.83. The zero-order valence-electron chi connectivity index (χ0n) is 13.0. The Morgan fingerprint density at radius 1 is 1.30 bits per heavy atom. The van der Waals surface area contributed by atoms with Gasteiger partial charge in [0.05, 0.1) is 5.69 Å². The molecule has 0 bridgehead atoms. The second kappa shape index (κ2) is 7.39. The average molecular weight is 392 g/mol. The molecule has 0 radical (unpaired) electrons. The maximum atomic E-state index is 11.5. The van der Waals surface area contributed by atoms with Crippen LogP contribution in [0.15, 0.2) is 18.2 Å². The molecule has 2 aromatic rings. The number of hydrogen-bond donors (Lipinski definition) is 1. The molecule has 1 aromatic carbocycles. The molecular weight excluding hydrogens is 375 g/mol. The fourth-order valence-electron chi connectivity index (χ4n) is 2.10. The predicted molar refractivity (Wildman–Crippen MR) is 99.4 cm³/mol. The Labute approximate surface area is 155 Å². The van der Waals surface area contributed by atoms with Crippen molar-refractivity contribution < 1.29 is 4.79 Å². The Balaban J connectivity index is 2.37. The van der Waals surface area contributed by atoms with Crippen LogP contribution in [0.5, 0.6) is 0 Å². The van der Waals surface area contributed by atoms with Gasteiger partial charge in [0, 0.05) is 26.8 Å². The minimum atomic E-state index is -0.267. The lowest BCUT2D eigenvalue weighted by atomic mass is 9.90. The molecule has 0 aliphatic heterocycles. The summed E-state index contributed by atoms with van der Waals surface area (Å²) in [5.74, 6) is -0.361. The van der Waals surface area contributed by atoms with E-state index >= 15 is 0 Å². The summed E-state index contributed by atoms with van der Waals surface area (Å²) in [5, 5.41) is 4.50. The number of benzene rings is 1. The van der Waals surface area contributed by atoms with Crippen LogP contribution in [-0.4, -0.2) is 16.8 Å². The van der Waals surface area contributed by atoms with Crippen molar-refractivity contribution in [2.24, 2.45) is 0 Å². The van der Waals surface area contributed by atoms with Crippen molar-refractivity contribution in [2.45, 2.75) is 32.6 Å². The highest BCUT2D eigenvalue weighted by atomic mass is 35.5. The maximum absolute atomic E-state index is 11.5. The van der Waals surface area contributed by atoms with Crippen LogP contribution in [0.25, 0.3) is 0 Å². The van der Waals surface area contributed by atoms with E-state index in [2.05, 4.69) is 31.1 Å². The lowest BCUT2D eigenvalue weighted by Gasteiger charge is -2.17. The minimum Gasteiger partial charge on any atom is -0.301 e. The summed E-state index contributed by atoms with van der Waals surface area (Å²) in [6.07, 6.45) is 0.636. The van der Waals surface area contributed by atoms with Crippen LogP contribution < -0.4 is 5.32 Å². The number of anilines is 1. The van der Waals surface area contributed by atoms with Gasteiger partial charge in [-0.1, -0.05) is 50.0 Å². The molecule has 1 heterocycles. The standard InChI is InChI=1S/C16H17Cl3N2OS/c1-16(2,3)14-12(23-15(21-14)20-13(22)8-17)6-9-4-5-10(18)7-11(9)19/h4-5,7H,6,8H2,1-3H3,(H,20,21,22). The Hall–Kier alpha value is -0.810.